The molecule has 2 aromatic rings. The fourth-order valence-corrected chi connectivity index (χ4v) is 4.55. The Morgan fingerprint density at radius 1 is 0.614 bits per heavy atom. The van der Waals surface area contributed by atoms with Crippen LogP contribution in [-0.2, 0) is 19.5 Å². The molecular weight excluding hydrogens is 655 g/mol. The quantitative estimate of drug-likeness (QED) is 0.274. The number of likely N-dealkylation sites (tertiary alicyclic amines) is 2. The molecule has 0 bridgehead atoms. The molecule has 0 amide bonds. The van der Waals surface area contributed by atoms with E-state index in [4.69, 9.17) is 10.2 Å². The summed E-state index contributed by atoms with van der Waals surface area (Å²) in [7, 11) is 0. The van der Waals surface area contributed by atoms with Gasteiger partial charge < -0.3 is 21.9 Å². The topological polar surface area (TPSA) is 87.4 Å². The Bertz CT molecular complexity index is 881. The Morgan fingerprint density at radius 2 is 0.841 bits per heavy atom. The SMILES string of the molecule is CC(C(O)c1ccccc1)N1CCCC1.C[C@@H]([C@H](O)c1ccccc1)N1CCCC1.OCC(F)(F)F.OCC(F)(F)F.[H-].[Na+].[Zn]. The van der Waals surface area contributed by atoms with Gasteiger partial charge in [0.05, 0.1) is 12.2 Å². The van der Waals surface area contributed by atoms with Crippen molar-refractivity contribution < 1.29 is 97.2 Å². The Hall–Kier alpha value is -0.597. The third-order valence-electron chi connectivity index (χ3n) is 6.99. The monoisotopic (exact) mass is 698 g/mol. The molecule has 4 N–H and O–H groups in total. The second-order valence-corrected chi connectivity index (χ2v) is 10.2. The van der Waals surface area contributed by atoms with Crippen LogP contribution < -0.4 is 29.6 Å². The third kappa shape index (κ3) is 19.2. The first kappa shape index (κ1) is 45.5. The first-order valence-electron chi connectivity index (χ1n) is 14.0. The van der Waals surface area contributed by atoms with E-state index in [2.05, 4.69) is 23.6 Å². The molecule has 6 nitrogen and oxygen atoms in total. The van der Waals surface area contributed by atoms with Gasteiger partial charge in [-0.1, -0.05) is 60.7 Å². The summed E-state index contributed by atoms with van der Waals surface area (Å²) < 4.78 is 63.2. The minimum atomic E-state index is -4.40. The molecule has 2 unspecified atom stereocenters. The van der Waals surface area contributed by atoms with E-state index in [1.54, 1.807) is 0 Å². The number of aliphatic hydroxyl groups is 4. The van der Waals surface area contributed by atoms with Crippen molar-refractivity contribution in [1.82, 2.24) is 9.80 Å². The molecule has 2 aliphatic rings. The first-order valence-corrected chi connectivity index (χ1v) is 14.0. The summed E-state index contributed by atoms with van der Waals surface area (Å²) in [5.74, 6) is 0. The summed E-state index contributed by atoms with van der Waals surface area (Å²) in [5, 5.41) is 35.0. The van der Waals surface area contributed by atoms with Crippen molar-refractivity contribution in [1.29, 1.82) is 0 Å². The maximum Gasteiger partial charge on any atom is 1.00 e. The summed E-state index contributed by atoms with van der Waals surface area (Å²) in [6.45, 7) is 5.29. The zero-order valence-electron chi connectivity index (χ0n) is 26.8. The van der Waals surface area contributed by atoms with E-state index < -0.39 is 25.6 Å². The number of halogens is 6. The molecule has 0 aromatic heterocycles. The molecule has 44 heavy (non-hydrogen) atoms. The smallest absolute Gasteiger partial charge is 1.00 e. The summed E-state index contributed by atoms with van der Waals surface area (Å²) in [6, 6.07) is 20.3. The zero-order chi connectivity index (χ0) is 31.8. The van der Waals surface area contributed by atoms with Gasteiger partial charge in [0.1, 0.15) is 13.2 Å². The van der Waals surface area contributed by atoms with Crippen LogP contribution in [0.25, 0.3) is 0 Å². The van der Waals surface area contributed by atoms with Gasteiger partial charge in [0, 0.05) is 31.6 Å². The summed E-state index contributed by atoms with van der Waals surface area (Å²) in [6.07, 6.45) is -4.44. The van der Waals surface area contributed by atoms with Gasteiger partial charge in [-0.15, -0.1) is 0 Å². The molecule has 2 aromatic carbocycles. The van der Waals surface area contributed by atoms with Crippen LogP contribution in [0.5, 0.6) is 0 Å². The van der Waals surface area contributed by atoms with Crippen LogP contribution in [0.4, 0.5) is 26.3 Å². The van der Waals surface area contributed by atoms with Crippen molar-refractivity contribution in [2.24, 2.45) is 0 Å². The molecule has 0 spiro atoms. The van der Waals surface area contributed by atoms with Crippen molar-refractivity contribution in [2.75, 3.05) is 39.4 Å². The normalized spacial score (nSPS) is 17.9. The minimum Gasteiger partial charge on any atom is -1.00 e. The molecule has 0 radical (unpaired) electrons. The molecule has 4 rings (SSSR count). The Labute approximate surface area is 293 Å². The van der Waals surface area contributed by atoms with E-state index in [1.165, 1.54) is 25.7 Å². The molecule has 14 heteroatoms. The average Bonchev–Trinajstić information content (AvgIpc) is 3.72. The van der Waals surface area contributed by atoms with Gasteiger partial charge in [-0.25, -0.2) is 0 Å². The number of rotatable bonds is 6. The summed E-state index contributed by atoms with van der Waals surface area (Å²) in [5.41, 5.74) is 2.05. The molecule has 4 atom stereocenters. The molecule has 2 aliphatic heterocycles. The van der Waals surface area contributed by atoms with E-state index in [0.717, 1.165) is 37.3 Å². The number of nitrogens with zero attached hydrogens (tertiary/aromatic N) is 2. The molecule has 0 saturated carbocycles. The van der Waals surface area contributed by atoms with Crippen molar-refractivity contribution >= 4 is 0 Å². The van der Waals surface area contributed by atoms with Crippen LogP contribution in [0.15, 0.2) is 60.7 Å². The van der Waals surface area contributed by atoms with Gasteiger partial charge in [0.15, 0.2) is 0 Å². The van der Waals surface area contributed by atoms with Crippen LogP contribution in [-0.4, -0.2) is 94.1 Å². The molecule has 2 heterocycles. The van der Waals surface area contributed by atoms with Gasteiger partial charge in [-0.05, 0) is 76.8 Å². The standard InChI is InChI=1S/2C13H19NO.2C2H3F3O.Na.Zn.H/c2*1-11(14-9-5-6-10-14)13(15)12-7-3-2-4-8-12;2*3-2(4,5)1-6;;;/h2*2-4,7-8,11,13,15H,5-6,9-10H2,1H3;2*6H,1H2;;;/q;;;;+1;;-1/t11-,13-;;;;;;/m0....../s1. The number of hydrogen-bond acceptors (Lipinski definition) is 6. The fourth-order valence-electron chi connectivity index (χ4n) is 4.55. The van der Waals surface area contributed by atoms with Crippen molar-refractivity contribution in [3.05, 3.63) is 71.8 Å². The second kappa shape index (κ2) is 23.7. The van der Waals surface area contributed by atoms with Gasteiger partial charge >= 0.3 is 41.9 Å². The van der Waals surface area contributed by atoms with Crippen molar-refractivity contribution in [3.8, 4) is 0 Å². The van der Waals surface area contributed by atoms with Crippen LogP contribution in [0.2, 0.25) is 0 Å². The van der Waals surface area contributed by atoms with Crippen molar-refractivity contribution in [2.45, 2.75) is 76.2 Å². The Kier molecular flexibility index (Phi) is 24.5. The Morgan fingerprint density at radius 3 is 1.05 bits per heavy atom. The second-order valence-electron chi connectivity index (χ2n) is 10.2. The molecule has 244 valence electrons. The molecule has 2 saturated heterocycles. The van der Waals surface area contributed by atoms with Crippen LogP contribution in [0, 0.1) is 0 Å². The number of benzene rings is 2. The van der Waals surface area contributed by atoms with Gasteiger partial charge in [-0.3, -0.25) is 9.80 Å². The van der Waals surface area contributed by atoms with E-state index in [9.17, 15) is 36.6 Å². The summed E-state index contributed by atoms with van der Waals surface area (Å²) >= 11 is 0. The third-order valence-corrected chi connectivity index (χ3v) is 6.99. The van der Waals surface area contributed by atoms with E-state index in [0.29, 0.717) is 0 Å². The summed E-state index contributed by atoms with van der Waals surface area (Å²) in [4.78, 5) is 4.75. The van der Waals surface area contributed by atoms with E-state index >= 15 is 0 Å². The maximum atomic E-state index is 10.5. The van der Waals surface area contributed by atoms with Crippen LogP contribution in [0.1, 0.15) is 64.3 Å². The zero-order valence-corrected chi connectivity index (χ0v) is 30.8. The van der Waals surface area contributed by atoms with E-state index in [-0.39, 0.29) is 74.8 Å². The average molecular weight is 700 g/mol. The Balaban J connectivity index is -0.000000556. The fraction of sp³-hybridized carbons (Fsp3) is 0.600. The minimum absolute atomic E-state index is 0. The molecule has 2 fully saturated rings. The van der Waals surface area contributed by atoms with Crippen LogP contribution >= 0.6 is 0 Å². The van der Waals surface area contributed by atoms with Crippen LogP contribution in [0.3, 0.4) is 0 Å². The van der Waals surface area contributed by atoms with E-state index in [1.807, 2.05) is 60.7 Å². The van der Waals surface area contributed by atoms with Gasteiger partial charge in [0.25, 0.3) is 0 Å². The van der Waals surface area contributed by atoms with Gasteiger partial charge in [-0.2, -0.15) is 26.3 Å². The van der Waals surface area contributed by atoms with Gasteiger partial charge in [0.2, 0.25) is 0 Å². The first-order chi connectivity index (χ1) is 19.7. The number of hydrogen-bond donors (Lipinski definition) is 4. The predicted molar refractivity (Wildman–Crippen MR) is 151 cm³/mol. The molecule has 0 aliphatic carbocycles. The molecular formula is C30H45F6N2NaO4Zn. The van der Waals surface area contributed by atoms with Crippen molar-refractivity contribution in [3.63, 3.8) is 0 Å². The maximum absolute atomic E-state index is 10.5. The number of alkyl halides is 6. The predicted octanol–water partition coefficient (Wildman–Crippen LogP) is 2.60. The largest absolute Gasteiger partial charge is 1.00 e. The number of aliphatic hydroxyl groups excluding tert-OH is 4.